The molecule has 2 N–H and O–H groups in total. The lowest BCUT2D eigenvalue weighted by atomic mass is 10.1. The molecular formula is C19H11F3N6. The predicted octanol–water partition coefficient (Wildman–Crippen LogP) is 4.65. The van der Waals surface area contributed by atoms with E-state index in [-0.39, 0.29) is 22.9 Å². The van der Waals surface area contributed by atoms with Gasteiger partial charge in [-0.15, -0.1) is 0 Å². The van der Waals surface area contributed by atoms with E-state index in [1.165, 1.54) is 24.3 Å². The van der Waals surface area contributed by atoms with Crippen molar-refractivity contribution in [3.8, 4) is 17.5 Å². The highest BCUT2D eigenvalue weighted by atomic mass is 19.4. The lowest BCUT2D eigenvalue weighted by Gasteiger charge is -2.12. The Labute approximate surface area is 156 Å². The number of nitriles is 1. The number of benzene rings is 2. The summed E-state index contributed by atoms with van der Waals surface area (Å²) in [5.41, 5.74) is -0.366. The highest BCUT2D eigenvalue weighted by Gasteiger charge is 2.34. The van der Waals surface area contributed by atoms with Crippen molar-refractivity contribution in [2.24, 2.45) is 0 Å². The third-order valence-corrected chi connectivity index (χ3v) is 4.03. The van der Waals surface area contributed by atoms with Gasteiger partial charge in [0.1, 0.15) is 17.6 Å². The smallest absolute Gasteiger partial charge is 0.323 e. The fourth-order valence-corrected chi connectivity index (χ4v) is 2.79. The van der Waals surface area contributed by atoms with E-state index in [4.69, 9.17) is 0 Å². The first-order valence-corrected chi connectivity index (χ1v) is 8.11. The second-order valence-electron chi connectivity index (χ2n) is 5.86. The van der Waals surface area contributed by atoms with Crippen molar-refractivity contribution in [1.29, 1.82) is 5.26 Å². The van der Waals surface area contributed by atoms with Crippen LogP contribution in [0, 0.1) is 11.3 Å². The summed E-state index contributed by atoms with van der Waals surface area (Å²) in [6.07, 6.45) is -4.57. The number of aromatic amines is 1. The molecule has 4 aromatic rings. The average molecular weight is 380 g/mol. The first-order valence-electron chi connectivity index (χ1n) is 8.11. The van der Waals surface area contributed by atoms with Gasteiger partial charge in [-0.1, -0.05) is 30.3 Å². The van der Waals surface area contributed by atoms with E-state index in [1.807, 2.05) is 30.3 Å². The van der Waals surface area contributed by atoms with Gasteiger partial charge in [0, 0.05) is 17.0 Å². The van der Waals surface area contributed by atoms with Crippen LogP contribution in [-0.4, -0.2) is 20.2 Å². The minimum absolute atomic E-state index is 0.0654. The van der Waals surface area contributed by atoms with Gasteiger partial charge in [-0.2, -0.15) is 23.5 Å². The molecule has 0 amide bonds. The standard InChI is InChI=1S/C19H11F3N6/c20-19(21,22)14-7-3-1-5-12(14)17-24-11(10-23)9-16(25-17)26-18-13-6-2-4-8-15(13)27-28-18/h1-9H,(H2,24,25,26,27,28). The van der Waals surface area contributed by atoms with E-state index in [9.17, 15) is 18.4 Å². The van der Waals surface area contributed by atoms with Crippen molar-refractivity contribution < 1.29 is 13.2 Å². The van der Waals surface area contributed by atoms with Gasteiger partial charge in [-0.25, -0.2) is 9.97 Å². The highest BCUT2D eigenvalue weighted by molar-refractivity contribution is 5.91. The predicted molar refractivity (Wildman–Crippen MR) is 96.6 cm³/mol. The third-order valence-electron chi connectivity index (χ3n) is 4.03. The molecule has 2 aromatic carbocycles. The SMILES string of the molecule is N#Cc1cc(Nc2n[nH]c3ccccc23)nc(-c2ccccc2C(F)(F)F)n1. The number of hydrogen-bond donors (Lipinski definition) is 2. The van der Waals surface area contributed by atoms with Crippen LogP contribution in [0.1, 0.15) is 11.3 Å². The van der Waals surface area contributed by atoms with Crippen LogP contribution in [0.2, 0.25) is 0 Å². The second kappa shape index (κ2) is 6.66. The van der Waals surface area contributed by atoms with Crippen LogP contribution < -0.4 is 5.32 Å². The molecule has 0 bridgehead atoms. The molecular weight excluding hydrogens is 369 g/mol. The number of halogens is 3. The summed E-state index contributed by atoms with van der Waals surface area (Å²) in [6, 6.07) is 15.5. The lowest BCUT2D eigenvalue weighted by molar-refractivity contribution is -0.137. The minimum atomic E-state index is -4.57. The largest absolute Gasteiger partial charge is 0.417 e. The van der Waals surface area contributed by atoms with Crippen molar-refractivity contribution >= 4 is 22.5 Å². The van der Waals surface area contributed by atoms with Gasteiger partial charge in [0.25, 0.3) is 0 Å². The molecule has 9 heteroatoms. The van der Waals surface area contributed by atoms with Crippen LogP contribution in [0.25, 0.3) is 22.3 Å². The summed E-state index contributed by atoms with van der Waals surface area (Å²) >= 11 is 0. The summed E-state index contributed by atoms with van der Waals surface area (Å²) in [5, 5.41) is 20.0. The molecule has 2 aromatic heterocycles. The van der Waals surface area contributed by atoms with Crippen LogP contribution in [0.5, 0.6) is 0 Å². The Morgan fingerprint density at radius 1 is 1.00 bits per heavy atom. The number of fused-ring (bicyclic) bond motifs is 1. The molecule has 0 aliphatic rings. The summed E-state index contributed by atoms with van der Waals surface area (Å²) < 4.78 is 40.0. The Morgan fingerprint density at radius 2 is 1.75 bits per heavy atom. The first-order chi connectivity index (χ1) is 13.5. The van der Waals surface area contributed by atoms with E-state index >= 15 is 0 Å². The lowest BCUT2D eigenvalue weighted by Crippen LogP contribution is -2.09. The van der Waals surface area contributed by atoms with Gasteiger partial charge in [-0.3, -0.25) is 5.10 Å². The summed E-state index contributed by atoms with van der Waals surface area (Å²) in [4.78, 5) is 8.13. The van der Waals surface area contributed by atoms with Gasteiger partial charge in [0.05, 0.1) is 11.1 Å². The van der Waals surface area contributed by atoms with Crippen LogP contribution in [0.3, 0.4) is 0 Å². The van der Waals surface area contributed by atoms with Crippen molar-refractivity contribution in [1.82, 2.24) is 20.2 Å². The minimum Gasteiger partial charge on any atom is -0.323 e. The van der Waals surface area contributed by atoms with Gasteiger partial charge in [0.2, 0.25) is 0 Å². The molecule has 0 atom stereocenters. The normalized spacial score (nSPS) is 11.4. The van der Waals surface area contributed by atoms with Crippen molar-refractivity contribution in [2.45, 2.75) is 6.18 Å². The van der Waals surface area contributed by atoms with E-state index < -0.39 is 11.7 Å². The quantitative estimate of drug-likeness (QED) is 0.540. The van der Waals surface area contributed by atoms with Crippen molar-refractivity contribution in [3.05, 3.63) is 65.9 Å². The number of H-pyrrole nitrogens is 1. The number of anilines is 2. The zero-order chi connectivity index (χ0) is 19.7. The van der Waals surface area contributed by atoms with Crippen LogP contribution in [0.15, 0.2) is 54.6 Å². The Bertz CT molecular complexity index is 1210. The molecule has 2 heterocycles. The molecule has 4 rings (SSSR count). The molecule has 0 saturated heterocycles. The fourth-order valence-electron chi connectivity index (χ4n) is 2.79. The number of hydrogen-bond acceptors (Lipinski definition) is 5. The Kier molecular flexibility index (Phi) is 4.16. The van der Waals surface area contributed by atoms with Gasteiger partial charge in [0.15, 0.2) is 11.6 Å². The zero-order valence-electron chi connectivity index (χ0n) is 14.1. The molecule has 28 heavy (non-hydrogen) atoms. The molecule has 0 spiro atoms. The number of nitrogens with one attached hydrogen (secondary N) is 2. The molecule has 138 valence electrons. The molecule has 0 fully saturated rings. The zero-order valence-corrected chi connectivity index (χ0v) is 14.1. The van der Waals surface area contributed by atoms with E-state index in [0.717, 1.165) is 17.0 Å². The number of nitrogens with zero attached hydrogens (tertiary/aromatic N) is 4. The van der Waals surface area contributed by atoms with E-state index in [1.54, 1.807) is 0 Å². The molecule has 0 saturated carbocycles. The topological polar surface area (TPSA) is 90.3 Å². The van der Waals surface area contributed by atoms with Crippen LogP contribution in [-0.2, 0) is 6.18 Å². The van der Waals surface area contributed by atoms with Crippen LogP contribution >= 0.6 is 0 Å². The van der Waals surface area contributed by atoms with Crippen molar-refractivity contribution in [2.75, 3.05) is 5.32 Å². The summed E-state index contributed by atoms with van der Waals surface area (Å²) in [5.74, 6) is 0.401. The highest BCUT2D eigenvalue weighted by Crippen LogP contribution is 2.36. The maximum Gasteiger partial charge on any atom is 0.417 e. The molecule has 0 unspecified atom stereocenters. The third kappa shape index (κ3) is 3.23. The first kappa shape index (κ1) is 17.5. The molecule has 6 nitrogen and oxygen atoms in total. The van der Waals surface area contributed by atoms with Gasteiger partial charge >= 0.3 is 6.18 Å². The molecule has 0 radical (unpaired) electrons. The van der Waals surface area contributed by atoms with Crippen molar-refractivity contribution in [3.63, 3.8) is 0 Å². The van der Waals surface area contributed by atoms with Gasteiger partial charge in [-0.05, 0) is 18.2 Å². The summed E-state index contributed by atoms with van der Waals surface area (Å²) in [6.45, 7) is 0. The van der Waals surface area contributed by atoms with Crippen LogP contribution in [0.4, 0.5) is 24.8 Å². The Hall–Kier alpha value is -3.93. The summed E-state index contributed by atoms with van der Waals surface area (Å²) in [7, 11) is 0. The number of alkyl halides is 3. The average Bonchev–Trinajstić information content (AvgIpc) is 3.10. The maximum atomic E-state index is 13.3. The Morgan fingerprint density at radius 3 is 2.54 bits per heavy atom. The maximum absolute atomic E-state index is 13.3. The van der Waals surface area contributed by atoms with E-state index in [2.05, 4.69) is 25.5 Å². The van der Waals surface area contributed by atoms with E-state index in [0.29, 0.717) is 5.82 Å². The fraction of sp³-hybridized carbons (Fsp3) is 0.0526. The van der Waals surface area contributed by atoms with Gasteiger partial charge < -0.3 is 5.32 Å². The molecule has 0 aliphatic heterocycles. The monoisotopic (exact) mass is 380 g/mol. The molecule has 0 aliphatic carbocycles. The Balaban J connectivity index is 1.81. The second-order valence-corrected chi connectivity index (χ2v) is 5.86. The number of aromatic nitrogens is 4. The number of rotatable bonds is 3. The number of para-hydroxylation sites is 1.